The molecule has 0 saturated carbocycles. The van der Waals surface area contributed by atoms with E-state index in [4.69, 9.17) is 4.74 Å². The normalized spacial score (nSPS) is 16.9. The van der Waals surface area contributed by atoms with Gasteiger partial charge in [-0.05, 0) is 36.2 Å². The fraction of sp³-hybridized carbons (Fsp3) is 0.273. The Morgan fingerprint density at radius 2 is 2.04 bits per heavy atom. The van der Waals surface area contributed by atoms with Gasteiger partial charge in [0, 0.05) is 23.5 Å². The standard InChI is InChI=1S/C22H23N3O3/c1-14-7-8-20(28-2)19(11-14)25-21(26)12-18(22(25)27)23-10-9-15-13-24-17-6-4-3-5-16(15)17/h3-8,11,13,18,23-24H,9-10,12H2,1-2H3/p+1/t18-/m0/s1. The van der Waals surface area contributed by atoms with Crippen molar-refractivity contribution in [2.24, 2.45) is 0 Å². The number of rotatable bonds is 6. The maximum absolute atomic E-state index is 12.9. The zero-order valence-electron chi connectivity index (χ0n) is 16.1. The van der Waals surface area contributed by atoms with Crippen LogP contribution in [0.2, 0.25) is 0 Å². The topological polar surface area (TPSA) is 79.0 Å². The number of aromatic nitrogens is 1. The zero-order valence-corrected chi connectivity index (χ0v) is 16.1. The molecule has 1 aliphatic rings. The van der Waals surface area contributed by atoms with Gasteiger partial charge in [-0.25, -0.2) is 4.90 Å². The lowest BCUT2D eigenvalue weighted by Crippen LogP contribution is -2.92. The molecule has 0 unspecified atom stereocenters. The van der Waals surface area contributed by atoms with Gasteiger partial charge in [-0.3, -0.25) is 9.59 Å². The second-order valence-corrected chi connectivity index (χ2v) is 7.19. The number of nitrogens with two attached hydrogens (primary N) is 1. The number of hydrogen-bond acceptors (Lipinski definition) is 3. The third-order valence-corrected chi connectivity index (χ3v) is 5.30. The molecule has 3 N–H and O–H groups in total. The summed E-state index contributed by atoms with van der Waals surface area (Å²) in [5.41, 5.74) is 3.84. The lowest BCUT2D eigenvalue weighted by atomic mass is 10.1. The van der Waals surface area contributed by atoms with E-state index in [9.17, 15) is 9.59 Å². The van der Waals surface area contributed by atoms with Gasteiger partial charge in [0.2, 0.25) is 5.91 Å². The van der Waals surface area contributed by atoms with Crippen molar-refractivity contribution in [1.29, 1.82) is 0 Å². The van der Waals surface area contributed by atoms with E-state index in [0.29, 0.717) is 11.4 Å². The first-order chi connectivity index (χ1) is 13.6. The van der Waals surface area contributed by atoms with Gasteiger partial charge in [-0.1, -0.05) is 24.3 Å². The van der Waals surface area contributed by atoms with Crippen LogP contribution in [0.15, 0.2) is 48.7 Å². The predicted octanol–water partition coefficient (Wildman–Crippen LogP) is 1.92. The van der Waals surface area contributed by atoms with E-state index < -0.39 is 0 Å². The molecule has 0 radical (unpaired) electrons. The maximum atomic E-state index is 12.9. The Balaban J connectivity index is 1.45. The number of nitrogens with one attached hydrogen (secondary N) is 1. The quantitative estimate of drug-likeness (QED) is 0.643. The molecule has 2 heterocycles. The number of ether oxygens (including phenoxy) is 1. The summed E-state index contributed by atoms with van der Waals surface area (Å²) in [6.45, 7) is 2.67. The number of anilines is 1. The number of carbonyl (C=O) groups is 2. The summed E-state index contributed by atoms with van der Waals surface area (Å²) in [5, 5.41) is 3.18. The van der Waals surface area contributed by atoms with Crippen molar-refractivity contribution in [2.45, 2.75) is 25.8 Å². The SMILES string of the molecule is COc1ccc(C)cc1N1C(=O)C[C@H]([NH2+]CCc2c[nH]c3ccccc23)C1=O. The maximum Gasteiger partial charge on any atom is 0.292 e. The number of nitrogens with zero attached hydrogens (tertiary/aromatic N) is 1. The number of amides is 2. The summed E-state index contributed by atoms with van der Waals surface area (Å²) in [5.74, 6) is 0.182. The number of hydrogen-bond donors (Lipinski definition) is 2. The van der Waals surface area contributed by atoms with Crippen LogP contribution in [0.1, 0.15) is 17.5 Å². The summed E-state index contributed by atoms with van der Waals surface area (Å²) in [4.78, 5) is 30.0. The van der Waals surface area contributed by atoms with Crippen LogP contribution < -0.4 is 15.0 Å². The molecule has 1 saturated heterocycles. The van der Waals surface area contributed by atoms with E-state index >= 15 is 0 Å². The molecular weight excluding hydrogens is 354 g/mol. The third-order valence-electron chi connectivity index (χ3n) is 5.30. The highest BCUT2D eigenvalue weighted by atomic mass is 16.5. The molecule has 1 aromatic heterocycles. The Labute approximate surface area is 163 Å². The second kappa shape index (κ2) is 7.48. The van der Waals surface area contributed by atoms with E-state index in [1.54, 1.807) is 13.2 Å². The summed E-state index contributed by atoms with van der Waals surface area (Å²) < 4.78 is 5.36. The molecule has 4 rings (SSSR count). The van der Waals surface area contributed by atoms with Crippen LogP contribution in [0.3, 0.4) is 0 Å². The Bertz CT molecular complexity index is 1040. The van der Waals surface area contributed by atoms with Crippen LogP contribution in [-0.2, 0) is 16.0 Å². The third kappa shape index (κ3) is 3.27. The fourth-order valence-corrected chi connectivity index (χ4v) is 3.85. The number of quaternary nitrogens is 1. The number of methoxy groups -OCH3 is 1. The van der Waals surface area contributed by atoms with Gasteiger partial charge in [0.15, 0.2) is 6.04 Å². The van der Waals surface area contributed by atoms with Crippen LogP contribution in [0.4, 0.5) is 5.69 Å². The zero-order chi connectivity index (χ0) is 19.7. The number of H-pyrrole nitrogens is 1. The average Bonchev–Trinajstić information content (AvgIpc) is 3.22. The lowest BCUT2D eigenvalue weighted by molar-refractivity contribution is -0.674. The molecule has 0 bridgehead atoms. The summed E-state index contributed by atoms with van der Waals surface area (Å²) in [7, 11) is 1.55. The molecule has 0 aliphatic carbocycles. The molecule has 28 heavy (non-hydrogen) atoms. The van der Waals surface area contributed by atoms with Crippen LogP contribution in [0.5, 0.6) is 5.75 Å². The molecule has 1 atom stereocenters. The minimum atomic E-state index is -0.386. The van der Waals surface area contributed by atoms with Crippen LogP contribution in [0.25, 0.3) is 10.9 Å². The van der Waals surface area contributed by atoms with Gasteiger partial charge in [0.1, 0.15) is 5.75 Å². The van der Waals surface area contributed by atoms with Crippen LogP contribution >= 0.6 is 0 Å². The van der Waals surface area contributed by atoms with Gasteiger partial charge in [0.25, 0.3) is 5.91 Å². The Kier molecular flexibility index (Phi) is 4.88. The number of para-hydroxylation sites is 1. The average molecular weight is 378 g/mol. The van der Waals surface area contributed by atoms with E-state index in [0.717, 1.165) is 24.0 Å². The van der Waals surface area contributed by atoms with E-state index in [1.807, 2.05) is 42.7 Å². The number of benzene rings is 2. The van der Waals surface area contributed by atoms with Crippen molar-refractivity contribution in [2.75, 3.05) is 18.6 Å². The molecule has 2 amide bonds. The molecule has 1 fully saturated rings. The van der Waals surface area contributed by atoms with Crippen molar-refractivity contribution in [3.8, 4) is 5.75 Å². The van der Waals surface area contributed by atoms with Crippen molar-refractivity contribution in [3.63, 3.8) is 0 Å². The second-order valence-electron chi connectivity index (χ2n) is 7.19. The summed E-state index contributed by atoms with van der Waals surface area (Å²) in [6, 6.07) is 13.3. The highest BCUT2D eigenvalue weighted by Gasteiger charge is 2.43. The molecule has 6 nitrogen and oxygen atoms in total. The van der Waals surface area contributed by atoms with Gasteiger partial charge in [0.05, 0.1) is 25.8 Å². The highest BCUT2D eigenvalue weighted by molar-refractivity contribution is 6.22. The number of imide groups is 1. The number of fused-ring (bicyclic) bond motifs is 1. The lowest BCUT2D eigenvalue weighted by Gasteiger charge is -2.18. The molecule has 144 valence electrons. The largest absolute Gasteiger partial charge is 0.495 e. The number of aromatic amines is 1. The monoisotopic (exact) mass is 378 g/mol. The fourth-order valence-electron chi connectivity index (χ4n) is 3.85. The van der Waals surface area contributed by atoms with Crippen molar-refractivity contribution < 1.29 is 19.6 Å². The molecule has 3 aromatic rings. The molecule has 1 aliphatic heterocycles. The summed E-state index contributed by atoms with van der Waals surface area (Å²) >= 11 is 0. The number of carbonyl (C=O) groups excluding carboxylic acids is 2. The highest BCUT2D eigenvalue weighted by Crippen LogP contribution is 2.32. The molecule has 2 aromatic carbocycles. The van der Waals surface area contributed by atoms with Crippen LogP contribution in [0, 0.1) is 6.92 Å². The van der Waals surface area contributed by atoms with Gasteiger partial charge in [-0.2, -0.15) is 0 Å². The van der Waals surface area contributed by atoms with Crippen molar-refractivity contribution in [1.82, 2.24) is 4.98 Å². The predicted molar refractivity (Wildman–Crippen MR) is 107 cm³/mol. The first-order valence-corrected chi connectivity index (χ1v) is 9.48. The molecule has 6 heteroatoms. The minimum absolute atomic E-state index is 0.173. The van der Waals surface area contributed by atoms with Gasteiger partial charge in [-0.15, -0.1) is 0 Å². The molecular formula is C22H24N3O3+. The van der Waals surface area contributed by atoms with Gasteiger partial charge >= 0.3 is 0 Å². The Morgan fingerprint density at radius 1 is 1.21 bits per heavy atom. The van der Waals surface area contributed by atoms with E-state index in [1.165, 1.54) is 15.8 Å². The Morgan fingerprint density at radius 3 is 2.86 bits per heavy atom. The van der Waals surface area contributed by atoms with Crippen molar-refractivity contribution >= 4 is 28.4 Å². The first kappa shape index (κ1) is 18.3. The summed E-state index contributed by atoms with van der Waals surface area (Å²) in [6.07, 6.45) is 3.06. The van der Waals surface area contributed by atoms with E-state index in [-0.39, 0.29) is 24.3 Å². The number of aryl methyl sites for hydroxylation is 1. The molecule has 0 spiro atoms. The van der Waals surface area contributed by atoms with E-state index in [2.05, 4.69) is 17.1 Å². The Hall–Kier alpha value is -3.12. The van der Waals surface area contributed by atoms with Crippen molar-refractivity contribution in [3.05, 3.63) is 59.8 Å². The minimum Gasteiger partial charge on any atom is -0.495 e. The smallest absolute Gasteiger partial charge is 0.292 e. The van der Waals surface area contributed by atoms with Gasteiger partial charge < -0.3 is 15.0 Å². The van der Waals surface area contributed by atoms with Crippen LogP contribution in [-0.4, -0.2) is 36.5 Å². The first-order valence-electron chi connectivity index (χ1n) is 9.48.